The minimum atomic E-state index is -1.09. The molecule has 0 amide bonds. The molecule has 1 aromatic heterocycles. The molecule has 3 rings (SSSR count). The first-order valence-corrected chi connectivity index (χ1v) is 8.58. The van der Waals surface area contributed by atoms with Crippen LogP contribution in [0.5, 0.6) is 0 Å². The summed E-state index contributed by atoms with van der Waals surface area (Å²) in [5.74, 6) is -0.474. The number of carbonyl (C=O) groups is 1. The van der Waals surface area contributed by atoms with Crippen LogP contribution in [-0.2, 0) is 17.8 Å². The first kappa shape index (κ1) is 19.6. The third-order valence-electron chi connectivity index (χ3n) is 3.62. The number of carbonyl (C=O) groups excluding carboxylic acids is 1. The van der Waals surface area contributed by atoms with Gasteiger partial charge in [0.05, 0.1) is 6.54 Å². The maximum atomic E-state index is 10.7. The van der Waals surface area contributed by atoms with Crippen LogP contribution in [-0.4, -0.2) is 20.7 Å². The minimum Gasteiger partial charge on any atom is -0.550 e. The number of hydrogen-bond donors (Lipinski definition) is 0. The Morgan fingerprint density at radius 1 is 1.08 bits per heavy atom. The van der Waals surface area contributed by atoms with E-state index in [-0.39, 0.29) is 42.4 Å². The molecule has 2 aromatic carbocycles. The molecule has 0 aliphatic rings. The van der Waals surface area contributed by atoms with Crippen LogP contribution in [0, 0.1) is 0 Å². The van der Waals surface area contributed by atoms with Crippen molar-refractivity contribution in [1.29, 1.82) is 0 Å². The molecule has 8 heteroatoms. The number of carboxylic acids is 1. The zero-order valence-electron chi connectivity index (χ0n) is 13.0. The van der Waals surface area contributed by atoms with Crippen LogP contribution >= 0.6 is 31.9 Å². The van der Waals surface area contributed by atoms with E-state index in [0.29, 0.717) is 17.1 Å². The number of hydrogen-bond acceptors (Lipinski definition) is 4. The topological polar surface area (TPSA) is 70.8 Å². The van der Waals surface area contributed by atoms with Crippen molar-refractivity contribution in [1.82, 2.24) is 14.8 Å². The van der Waals surface area contributed by atoms with Crippen LogP contribution in [0.25, 0.3) is 10.8 Å². The van der Waals surface area contributed by atoms with Crippen molar-refractivity contribution in [2.45, 2.75) is 19.4 Å². The molecule has 0 aliphatic heterocycles. The molecular weight excluding hydrogens is 449 g/mol. The molecule has 0 saturated heterocycles. The van der Waals surface area contributed by atoms with Gasteiger partial charge in [0.2, 0.25) is 0 Å². The number of benzene rings is 2. The molecule has 0 spiro atoms. The molecule has 5 nitrogen and oxygen atoms in total. The normalized spacial score (nSPS) is 10.6. The molecule has 0 radical (unpaired) electrons. The minimum absolute atomic E-state index is 0. The molecule has 3 aromatic rings. The van der Waals surface area contributed by atoms with Gasteiger partial charge in [0.1, 0.15) is 5.82 Å². The maximum absolute atomic E-state index is 10.7. The van der Waals surface area contributed by atoms with E-state index < -0.39 is 5.97 Å². The number of halogens is 2. The number of aryl methyl sites for hydroxylation is 1. The summed E-state index contributed by atoms with van der Waals surface area (Å²) in [6.07, 6.45) is 0.210. The smallest absolute Gasteiger partial charge is 0.550 e. The molecular formula is C16H12Br2N3NaO2. The summed E-state index contributed by atoms with van der Waals surface area (Å²) in [4.78, 5) is 10.7. The van der Waals surface area contributed by atoms with E-state index in [4.69, 9.17) is 0 Å². The molecule has 0 atom stereocenters. The second-order valence-electron chi connectivity index (χ2n) is 5.10. The van der Waals surface area contributed by atoms with E-state index in [9.17, 15) is 9.90 Å². The van der Waals surface area contributed by atoms with Gasteiger partial charge >= 0.3 is 29.6 Å². The Bertz CT molecular complexity index is 883. The van der Waals surface area contributed by atoms with E-state index in [1.54, 1.807) is 0 Å². The van der Waals surface area contributed by atoms with Gasteiger partial charge in [-0.2, -0.15) is 0 Å². The van der Waals surface area contributed by atoms with Gasteiger partial charge in [-0.25, -0.2) is 0 Å². The Balaban J connectivity index is 0.00000208. The first-order chi connectivity index (χ1) is 11.1. The third kappa shape index (κ3) is 4.26. The largest absolute Gasteiger partial charge is 1.00 e. The van der Waals surface area contributed by atoms with Gasteiger partial charge in [-0.15, -0.1) is 10.2 Å². The van der Waals surface area contributed by atoms with Crippen molar-refractivity contribution >= 4 is 48.6 Å². The van der Waals surface area contributed by atoms with Crippen LogP contribution in [0.1, 0.15) is 17.8 Å². The summed E-state index contributed by atoms with van der Waals surface area (Å²) < 4.78 is 3.49. The van der Waals surface area contributed by atoms with Crippen molar-refractivity contribution in [2.24, 2.45) is 0 Å². The zero-order valence-corrected chi connectivity index (χ0v) is 18.2. The van der Waals surface area contributed by atoms with Crippen molar-refractivity contribution in [2.75, 3.05) is 0 Å². The average Bonchev–Trinajstić information content (AvgIpc) is 2.89. The maximum Gasteiger partial charge on any atom is 1.00 e. The van der Waals surface area contributed by atoms with Crippen LogP contribution in [0.3, 0.4) is 0 Å². The van der Waals surface area contributed by atoms with Gasteiger partial charge in [-0.1, -0.05) is 46.3 Å². The predicted octanol–water partition coefficient (Wildman–Crippen LogP) is -0.309. The van der Waals surface area contributed by atoms with Gasteiger partial charge in [0.25, 0.3) is 0 Å². The first-order valence-electron chi connectivity index (χ1n) is 7.00. The van der Waals surface area contributed by atoms with Gasteiger partial charge in [0.15, 0.2) is 4.73 Å². The van der Waals surface area contributed by atoms with Crippen molar-refractivity contribution in [3.63, 3.8) is 0 Å². The standard InChI is InChI=1S/C16H13Br2N3O2.Na/c17-13-6-5-10(11-3-1-2-4-12(11)13)9-21-14(7-8-15(22)23)19-20-16(21)18;/h1-6H,7-9H2,(H,22,23);/q;+1/p-1. The van der Waals surface area contributed by atoms with Gasteiger partial charge in [-0.3, -0.25) is 0 Å². The summed E-state index contributed by atoms with van der Waals surface area (Å²) in [7, 11) is 0. The molecule has 0 saturated carbocycles. The Morgan fingerprint density at radius 3 is 2.50 bits per heavy atom. The third-order valence-corrected chi connectivity index (χ3v) is 4.90. The summed E-state index contributed by atoms with van der Waals surface area (Å²) in [6, 6.07) is 12.2. The van der Waals surface area contributed by atoms with Crippen LogP contribution < -0.4 is 34.7 Å². The van der Waals surface area contributed by atoms with Crippen molar-refractivity contribution in [3.05, 3.63) is 57.0 Å². The van der Waals surface area contributed by atoms with Crippen LogP contribution in [0.2, 0.25) is 0 Å². The average molecular weight is 461 g/mol. The molecule has 0 unspecified atom stereocenters. The number of aromatic nitrogens is 3. The van der Waals surface area contributed by atoms with E-state index in [1.165, 1.54) is 0 Å². The summed E-state index contributed by atoms with van der Waals surface area (Å²) in [5, 5.41) is 21.0. The fourth-order valence-corrected chi connectivity index (χ4v) is 3.39. The number of fused-ring (bicyclic) bond motifs is 1. The summed E-state index contributed by atoms with van der Waals surface area (Å²) >= 11 is 6.94. The molecule has 1 heterocycles. The summed E-state index contributed by atoms with van der Waals surface area (Å²) in [6.45, 7) is 0.559. The monoisotopic (exact) mass is 459 g/mol. The number of aliphatic carboxylic acids is 1. The second kappa shape index (κ2) is 8.58. The van der Waals surface area contributed by atoms with E-state index in [2.05, 4.69) is 54.2 Å². The molecule has 0 bridgehead atoms. The fraction of sp³-hybridized carbons (Fsp3) is 0.188. The van der Waals surface area contributed by atoms with E-state index in [1.807, 2.05) is 28.8 Å². The zero-order chi connectivity index (χ0) is 16.4. The van der Waals surface area contributed by atoms with Crippen molar-refractivity contribution in [3.8, 4) is 0 Å². The molecule has 0 fully saturated rings. The SMILES string of the molecule is O=C([O-])CCc1nnc(Br)n1Cc1ccc(Br)c2ccccc12.[Na+]. The Kier molecular flexibility index (Phi) is 7.00. The van der Waals surface area contributed by atoms with Gasteiger partial charge in [-0.05, 0) is 44.8 Å². The number of rotatable bonds is 5. The molecule has 0 N–H and O–H groups in total. The predicted molar refractivity (Wildman–Crippen MR) is 91.8 cm³/mol. The van der Waals surface area contributed by atoms with E-state index in [0.717, 1.165) is 20.8 Å². The van der Waals surface area contributed by atoms with Gasteiger partial charge in [0, 0.05) is 16.9 Å². The number of carboxylic acid groups (broad SMARTS) is 1. The van der Waals surface area contributed by atoms with Crippen LogP contribution in [0.4, 0.5) is 0 Å². The van der Waals surface area contributed by atoms with E-state index >= 15 is 0 Å². The Labute approximate surface area is 178 Å². The second-order valence-corrected chi connectivity index (χ2v) is 6.66. The fourth-order valence-electron chi connectivity index (χ4n) is 2.50. The summed E-state index contributed by atoms with van der Waals surface area (Å²) in [5.41, 5.74) is 1.11. The van der Waals surface area contributed by atoms with Crippen molar-refractivity contribution < 1.29 is 39.5 Å². The molecule has 0 aliphatic carbocycles. The van der Waals surface area contributed by atoms with Gasteiger partial charge < -0.3 is 14.5 Å². The molecule has 118 valence electrons. The molecule has 24 heavy (non-hydrogen) atoms. The van der Waals surface area contributed by atoms with Crippen LogP contribution in [0.15, 0.2) is 45.6 Å². The Morgan fingerprint density at radius 2 is 1.79 bits per heavy atom. The Hall–Kier alpha value is -0.730. The quantitative estimate of drug-likeness (QED) is 0.490. The number of nitrogens with zero attached hydrogens (tertiary/aromatic N) is 3.